The molecule has 32 heavy (non-hydrogen) atoms. The van der Waals surface area contributed by atoms with Crippen molar-refractivity contribution in [3.63, 3.8) is 0 Å². The number of fused-ring (bicyclic) bond motifs is 1. The zero-order valence-electron chi connectivity index (χ0n) is 17.9. The fourth-order valence-electron chi connectivity index (χ4n) is 4.21. The molecule has 0 heterocycles. The molecule has 168 valence electrons. The quantitative estimate of drug-likeness (QED) is 0.469. The number of hydrogen-bond donors (Lipinski definition) is 1. The number of nitrogens with zero attached hydrogens (tertiary/aromatic N) is 1. The zero-order chi connectivity index (χ0) is 23.7. The van der Waals surface area contributed by atoms with Crippen LogP contribution in [0.4, 0.5) is 17.6 Å². The summed E-state index contributed by atoms with van der Waals surface area (Å²) >= 11 is 0. The molecule has 0 fully saturated rings. The van der Waals surface area contributed by atoms with Crippen LogP contribution in [0.3, 0.4) is 0 Å². The third-order valence-electron chi connectivity index (χ3n) is 5.76. The Kier molecular flexibility index (Phi) is 6.21. The number of benzene rings is 3. The molecular weight excluding hydrogens is 422 g/mol. The number of nitriles is 1. The summed E-state index contributed by atoms with van der Waals surface area (Å²) in [6.07, 6.45) is -6.57. The fraction of sp³-hybridized carbons (Fsp3) is 0.320. The Morgan fingerprint density at radius 2 is 1.72 bits per heavy atom. The summed E-state index contributed by atoms with van der Waals surface area (Å²) in [5, 5.41) is 21.8. The van der Waals surface area contributed by atoms with E-state index in [-0.39, 0.29) is 22.4 Å². The standard InChI is InChI=1S/C25H23F4NO2/c1-23(2,21-12-18(26)10-11-22(21)32-3)15-24(31,25(27,28)29)13-17-9-8-16-6-4-5-7-19(16)20(17)14-30/h4-12,31H,13,15H2,1-3H3. The normalized spacial score (nSPS) is 14.1. The van der Waals surface area contributed by atoms with Gasteiger partial charge in [-0.3, -0.25) is 0 Å². The van der Waals surface area contributed by atoms with Crippen LogP contribution in [0.1, 0.15) is 37.0 Å². The highest BCUT2D eigenvalue weighted by atomic mass is 19.4. The van der Waals surface area contributed by atoms with Crippen LogP contribution in [0, 0.1) is 17.1 Å². The molecule has 0 bridgehead atoms. The maximum atomic E-state index is 14.2. The number of ether oxygens (including phenoxy) is 1. The van der Waals surface area contributed by atoms with E-state index in [0.717, 1.165) is 12.1 Å². The Bertz CT molecular complexity index is 1180. The van der Waals surface area contributed by atoms with Crippen molar-refractivity contribution in [2.75, 3.05) is 7.11 Å². The van der Waals surface area contributed by atoms with Crippen LogP contribution in [0.5, 0.6) is 5.75 Å². The molecule has 0 aliphatic rings. The first-order chi connectivity index (χ1) is 14.9. The second-order valence-corrected chi connectivity index (χ2v) is 8.54. The maximum absolute atomic E-state index is 14.2. The number of methoxy groups -OCH3 is 1. The highest BCUT2D eigenvalue weighted by Gasteiger charge is 2.56. The minimum atomic E-state index is -5.00. The molecule has 0 radical (unpaired) electrons. The molecule has 1 unspecified atom stereocenters. The summed E-state index contributed by atoms with van der Waals surface area (Å²) in [5.41, 5.74) is -4.08. The maximum Gasteiger partial charge on any atom is 0.417 e. The molecule has 0 aromatic heterocycles. The summed E-state index contributed by atoms with van der Waals surface area (Å²) in [6, 6.07) is 15.5. The third-order valence-corrected chi connectivity index (χ3v) is 5.76. The summed E-state index contributed by atoms with van der Waals surface area (Å²) in [6.45, 7) is 2.99. The Balaban J connectivity index is 2.08. The number of hydrogen-bond acceptors (Lipinski definition) is 3. The molecule has 7 heteroatoms. The molecule has 3 nitrogen and oxygen atoms in total. The first-order valence-electron chi connectivity index (χ1n) is 9.96. The molecule has 1 atom stereocenters. The van der Waals surface area contributed by atoms with Crippen LogP contribution >= 0.6 is 0 Å². The number of aliphatic hydroxyl groups is 1. The molecule has 3 aromatic carbocycles. The van der Waals surface area contributed by atoms with Crippen LogP contribution < -0.4 is 4.74 Å². The molecule has 3 aromatic rings. The van der Waals surface area contributed by atoms with Gasteiger partial charge in [-0.05, 0) is 46.4 Å². The van der Waals surface area contributed by atoms with Gasteiger partial charge in [-0.2, -0.15) is 18.4 Å². The van der Waals surface area contributed by atoms with Gasteiger partial charge in [-0.1, -0.05) is 50.2 Å². The van der Waals surface area contributed by atoms with Crippen LogP contribution in [0.2, 0.25) is 0 Å². The van der Waals surface area contributed by atoms with E-state index >= 15 is 0 Å². The van der Waals surface area contributed by atoms with E-state index in [1.165, 1.54) is 33.1 Å². The molecule has 1 N–H and O–H groups in total. The van der Waals surface area contributed by atoms with Crippen molar-refractivity contribution in [2.24, 2.45) is 0 Å². The lowest BCUT2D eigenvalue weighted by atomic mass is 9.72. The summed E-state index contributed by atoms with van der Waals surface area (Å²) in [7, 11) is 1.34. The predicted molar refractivity (Wildman–Crippen MR) is 114 cm³/mol. The van der Waals surface area contributed by atoms with Gasteiger partial charge in [-0.15, -0.1) is 0 Å². The van der Waals surface area contributed by atoms with Crippen molar-refractivity contribution in [3.8, 4) is 11.8 Å². The van der Waals surface area contributed by atoms with E-state index in [0.29, 0.717) is 10.8 Å². The molecule has 0 aliphatic heterocycles. The van der Waals surface area contributed by atoms with E-state index in [1.807, 2.05) is 6.07 Å². The van der Waals surface area contributed by atoms with Crippen LogP contribution in [0.15, 0.2) is 54.6 Å². The monoisotopic (exact) mass is 445 g/mol. The minimum absolute atomic E-state index is 0.0897. The van der Waals surface area contributed by atoms with Crippen LogP contribution in [-0.2, 0) is 11.8 Å². The number of alkyl halides is 3. The van der Waals surface area contributed by atoms with Gasteiger partial charge in [0.15, 0.2) is 5.60 Å². The smallest absolute Gasteiger partial charge is 0.417 e. The van der Waals surface area contributed by atoms with Crippen molar-refractivity contribution >= 4 is 10.8 Å². The summed E-state index contributed by atoms with van der Waals surface area (Å²) in [4.78, 5) is 0. The van der Waals surface area contributed by atoms with E-state index in [9.17, 15) is 27.9 Å². The number of halogens is 4. The van der Waals surface area contributed by atoms with Gasteiger partial charge >= 0.3 is 6.18 Å². The van der Waals surface area contributed by atoms with E-state index in [1.54, 1.807) is 30.3 Å². The van der Waals surface area contributed by atoms with E-state index in [2.05, 4.69) is 0 Å². The van der Waals surface area contributed by atoms with Crippen molar-refractivity contribution in [1.29, 1.82) is 5.26 Å². The Labute approximate surface area is 183 Å². The highest BCUT2D eigenvalue weighted by Crippen LogP contribution is 2.45. The summed E-state index contributed by atoms with van der Waals surface area (Å²) in [5.74, 6) is -0.393. The molecule has 0 aliphatic carbocycles. The van der Waals surface area contributed by atoms with Gasteiger partial charge in [-0.25, -0.2) is 4.39 Å². The van der Waals surface area contributed by atoms with Gasteiger partial charge in [0.25, 0.3) is 0 Å². The lowest BCUT2D eigenvalue weighted by molar-refractivity contribution is -0.266. The second kappa shape index (κ2) is 8.44. The lowest BCUT2D eigenvalue weighted by Gasteiger charge is -2.38. The first-order valence-corrected chi connectivity index (χ1v) is 9.96. The van der Waals surface area contributed by atoms with Crippen molar-refractivity contribution in [2.45, 2.75) is 43.9 Å². The topological polar surface area (TPSA) is 53.2 Å². The third kappa shape index (κ3) is 4.42. The predicted octanol–water partition coefficient (Wildman–Crippen LogP) is 6.06. The summed E-state index contributed by atoms with van der Waals surface area (Å²) < 4.78 is 61.7. The Morgan fingerprint density at radius 1 is 1.03 bits per heavy atom. The van der Waals surface area contributed by atoms with E-state index < -0.39 is 35.9 Å². The van der Waals surface area contributed by atoms with E-state index in [4.69, 9.17) is 4.74 Å². The molecule has 0 amide bonds. The van der Waals surface area contributed by atoms with Crippen molar-refractivity contribution in [1.82, 2.24) is 0 Å². The van der Waals surface area contributed by atoms with Gasteiger partial charge in [0, 0.05) is 12.0 Å². The van der Waals surface area contributed by atoms with Gasteiger partial charge < -0.3 is 9.84 Å². The average Bonchev–Trinajstić information content (AvgIpc) is 2.72. The van der Waals surface area contributed by atoms with Crippen LogP contribution in [0.25, 0.3) is 10.8 Å². The molecular formula is C25H23F4NO2. The van der Waals surface area contributed by atoms with Gasteiger partial charge in [0.2, 0.25) is 0 Å². The SMILES string of the molecule is COc1ccc(F)cc1C(C)(C)CC(O)(Cc1ccc2ccccc2c1C#N)C(F)(F)F. The van der Waals surface area contributed by atoms with Crippen LogP contribution in [-0.4, -0.2) is 24.0 Å². The highest BCUT2D eigenvalue weighted by molar-refractivity contribution is 5.89. The van der Waals surface area contributed by atoms with Gasteiger partial charge in [0.1, 0.15) is 17.6 Å². The Morgan fingerprint density at radius 3 is 2.34 bits per heavy atom. The number of rotatable bonds is 6. The Hall–Kier alpha value is -3.11. The molecule has 0 saturated heterocycles. The fourth-order valence-corrected chi connectivity index (χ4v) is 4.21. The molecule has 3 rings (SSSR count). The van der Waals surface area contributed by atoms with Gasteiger partial charge in [0.05, 0.1) is 12.7 Å². The zero-order valence-corrected chi connectivity index (χ0v) is 17.9. The lowest BCUT2D eigenvalue weighted by Crippen LogP contribution is -2.51. The second-order valence-electron chi connectivity index (χ2n) is 8.54. The molecule has 0 saturated carbocycles. The largest absolute Gasteiger partial charge is 0.496 e. The molecule has 0 spiro atoms. The minimum Gasteiger partial charge on any atom is -0.496 e. The average molecular weight is 445 g/mol. The van der Waals surface area contributed by atoms with Crippen molar-refractivity contribution in [3.05, 3.63) is 77.1 Å². The first kappa shape index (κ1) is 23.6. The van der Waals surface area contributed by atoms with Crippen molar-refractivity contribution < 1.29 is 27.4 Å².